The molecule has 3 heterocycles. The number of nitrogens with zero attached hydrogens (tertiary/aromatic N) is 2. The molecule has 5 nitrogen and oxygen atoms in total. The molecule has 1 aliphatic rings. The topological polar surface area (TPSA) is 63.4 Å². The van der Waals surface area contributed by atoms with E-state index in [1.165, 1.54) is 11.3 Å². The molecule has 0 aliphatic carbocycles. The Morgan fingerprint density at radius 1 is 1.24 bits per heavy atom. The molecule has 114 valence electrons. The highest BCUT2D eigenvalue weighted by Gasteiger charge is 2.30. The lowest BCUT2D eigenvalue weighted by atomic mass is 10.2. The Balaban J connectivity index is 2.04. The summed E-state index contributed by atoms with van der Waals surface area (Å²) < 4.78 is 32.3. The van der Waals surface area contributed by atoms with Gasteiger partial charge in [0.1, 0.15) is 0 Å². The van der Waals surface area contributed by atoms with E-state index >= 15 is 0 Å². The van der Waals surface area contributed by atoms with Crippen LogP contribution in [0.1, 0.15) is 29.0 Å². The molecule has 0 spiro atoms. The van der Waals surface area contributed by atoms with Crippen LogP contribution < -0.4 is 0 Å². The summed E-state index contributed by atoms with van der Waals surface area (Å²) in [5.41, 5.74) is 1.79. The van der Waals surface area contributed by atoms with Crippen molar-refractivity contribution in [2.75, 3.05) is 13.1 Å². The van der Waals surface area contributed by atoms with Crippen LogP contribution >= 0.6 is 11.3 Å². The lowest BCUT2D eigenvalue weighted by molar-refractivity contribution is 0.427. The van der Waals surface area contributed by atoms with Crippen LogP contribution in [0.2, 0.25) is 0 Å². The van der Waals surface area contributed by atoms with E-state index < -0.39 is 10.0 Å². The van der Waals surface area contributed by atoms with Crippen LogP contribution in [0.25, 0.3) is 10.6 Å². The molecule has 0 saturated carbocycles. The van der Waals surface area contributed by atoms with Gasteiger partial charge in [-0.2, -0.15) is 4.31 Å². The molecule has 1 aliphatic heterocycles. The molecule has 2 aromatic heterocycles. The highest BCUT2D eigenvalue weighted by Crippen LogP contribution is 2.37. The fourth-order valence-electron chi connectivity index (χ4n) is 2.55. The fraction of sp³-hybridized carbons (Fsp3) is 0.500. The molecule has 0 amide bonds. The summed E-state index contributed by atoms with van der Waals surface area (Å²) in [5.74, 6) is 0.670. The summed E-state index contributed by atoms with van der Waals surface area (Å²) >= 11 is 1.44. The van der Waals surface area contributed by atoms with Crippen molar-refractivity contribution in [3.63, 3.8) is 0 Å². The Morgan fingerprint density at radius 2 is 1.90 bits per heavy atom. The van der Waals surface area contributed by atoms with Gasteiger partial charge in [-0.1, -0.05) is 5.16 Å². The average molecular weight is 326 g/mol. The standard InChI is InChI=1S/C14H18N2O3S2/c1-9-10(2)15-19-14(9)12-8-13(11(3)20-12)21(17,18)16-6-4-5-7-16/h8H,4-7H2,1-3H3. The Hall–Kier alpha value is -1.18. The molecule has 2 aromatic rings. The van der Waals surface area contributed by atoms with Crippen LogP contribution in [0.3, 0.4) is 0 Å². The molecule has 1 saturated heterocycles. The molecular formula is C14H18N2O3S2. The summed E-state index contributed by atoms with van der Waals surface area (Å²) in [7, 11) is -3.38. The third-order valence-corrected chi connectivity index (χ3v) is 7.14. The van der Waals surface area contributed by atoms with Gasteiger partial charge in [0, 0.05) is 23.5 Å². The van der Waals surface area contributed by atoms with Crippen molar-refractivity contribution in [1.29, 1.82) is 0 Å². The Kier molecular flexibility index (Phi) is 3.67. The SMILES string of the molecule is Cc1noc(-c2cc(S(=O)(=O)N3CCCC3)c(C)s2)c1C. The molecule has 0 atom stereocenters. The zero-order chi connectivity index (χ0) is 15.2. The van der Waals surface area contributed by atoms with Gasteiger partial charge in [-0.15, -0.1) is 11.3 Å². The second kappa shape index (κ2) is 5.23. The van der Waals surface area contributed by atoms with Gasteiger partial charge in [0.05, 0.1) is 15.5 Å². The van der Waals surface area contributed by atoms with Crippen molar-refractivity contribution in [3.05, 3.63) is 22.2 Å². The van der Waals surface area contributed by atoms with Gasteiger partial charge in [0.15, 0.2) is 5.76 Å². The van der Waals surface area contributed by atoms with E-state index in [-0.39, 0.29) is 0 Å². The van der Waals surface area contributed by atoms with E-state index in [4.69, 9.17) is 4.52 Å². The maximum Gasteiger partial charge on any atom is 0.244 e. The van der Waals surface area contributed by atoms with Gasteiger partial charge in [-0.05, 0) is 39.7 Å². The lowest BCUT2D eigenvalue weighted by Crippen LogP contribution is -2.27. The van der Waals surface area contributed by atoms with Crippen molar-refractivity contribution >= 4 is 21.4 Å². The first-order chi connectivity index (χ1) is 9.91. The summed E-state index contributed by atoms with van der Waals surface area (Å²) in [6.07, 6.45) is 1.88. The highest BCUT2D eigenvalue weighted by atomic mass is 32.2. The van der Waals surface area contributed by atoms with Crippen LogP contribution in [0.5, 0.6) is 0 Å². The van der Waals surface area contributed by atoms with Crippen LogP contribution in [0.15, 0.2) is 15.5 Å². The minimum atomic E-state index is -3.38. The summed E-state index contributed by atoms with van der Waals surface area (Å²) in [4.78, 5) is 2.02. The third kappa shape index (κ3) is 2.43. The fourth-order valence-corrected chi connectivity index (χ4v) is 5.66. The Labute approximate surface area is 128 Å². The van der Waals surface area contributed by atoms with Crippen molar-refractivity contribution in [2.24, 2.45) is 0 Å². The zero-order valence-corrected chi connectivity index (χ0v) is 14.0. The predicted octanol–water partition coefficient (Wildman–Crippen LogP) is 3.11. The van der Waals surface area contributed by atoms with Gasteiger partial charge in [-0.3, -0.25) is 0 Å². The molecule has 3 rings (SSSR count). The molecule has 0 N–H and O–H groups in total. The number of aromatic nitrogens is 1. The minimum Gasteiger partial charge on any atom is -0.355 e. The smallest absolute Gasteiger partial charge is 0.244 e. The van der Waals surface area contributed by atoms with E-state index in [2.05, 4.69) is 5.16 Å². The molecule has 7 heteroatoms. The van der Waals surface area contributed by atoms with Crippen molar-refractivity contribution in [3.8, 4) is 10.6 Å². The maximum atomic E-state index is 12.7. The quantitative estimate of drug-likeness (QED) is 0.869. The molecular weight excluding hydrogens is 308 g/mol. The molecule has 1 fully saturated rings. The average Bonchev–Trinajstić information content (AvgIpc) is 3.12. The Morgan fingerprint density at radius 3 is 2.48 bits per heavy atom. The van der Waals surface area contributed by atoms with E-state index in [0.717, 1.165) is 33.9 Å². The molecule has 21 heavy (non-hydrogen) atoms. The van der Waals surface area contributed by atoms with E-state index in [0.29, 0.717) is 23.7 Å². The van der Waals surface area contributed by atoms with Crippen molar-refractivity contribution in [1.82, 2.24) is 9.46 Å². The van der Waals surface area contributed by atoms with Gasteiger partial charge in [0.25, 0.3) is 0 Å². The first-order valence-electron chi connectivity index (χ1n) is 6.95. The van der Waals surface area contributed by atoms with Crippen molar-refractivity contribution < 1.29 is 12.9 Å². The van der Waals surface area contributed by atoms with Crippen LogP contribution in [0, 0.1) is 20.8 Å². The first-order valence-corrected chi connectivity index (χ1v) is 9.20. The van der Waals surface area contributed by atoms with Gasteiger partial charge in [-0.25, -0.2) is 8.42 Å². The van der Waals surface area contributed by atoms with Crippen molar-refractivity contribution in [2.45, 2.75) is 38.5 Å². The minimum absolute atomic E-state index is 0.401. The second-order valence-corrected chi connectivity index (χ2v) is 8.53. The molecule has 0 aromatic carbocycles. The zero-order valence-electron chi connectivity index (χ0n) is 12.3. The number of hydrogen-bond donors (Lipinski definition) is 0. The van der Waals surface area contributed by atoms with Gasteiger partial charge < -0.3 is 4.52 Å². The van der Waals surface area contributed by atoms with E-state index in [1.807, 2.05) is 20.8 Å². The van der Waals surface area contributed by atoms with E-state index in [1.54, 1.807) is 10.4 Å². The first kappa shape index (κ1) is 14.7. The summed E-state index contributed by atoms with van der Waals surface area (Å²) in [6, 6.07) is 1.72. The summed E-state index contributed by atoms with van der Waals surface area (Å²) in [6.45, 7) is 6.89. The van der Waals surface area contributed by atoms with E-state index in [9.17, 15) is 8.42 Å². The molecule has 0 bridgehead atoms. The molecule has 0 radical (unpaired) electrons. The number of aryl methyl sites for hydroxylation is 2. The number of sulfonamides is 1. The number of hydrogen-bond acceptors (Lipinski definition) is 5. The van der Waals surface area contributed by atoms with Crippen LogP contribution in [0.4, 0.5) is 0 Å². The monoisotopic (exact) mass is 326 g/mol. The van der Waals surface area contributed by atoms with Crippen LogP contribution in [-0.2, 0) is 10.0 Å². The number of rotatable bonds is 3. The predicted molar refractivity (Wildman–Crippen MR) is 82.0 cm³/mol. The second-order valence-electron chi connectivity index (χ2n) is 5.36. The molecule has 0 unspecified atom stereocenters. The third-order valence-electron chi connectivity index (χ3n) is 3.94. The van der Waals surface area contributed by atoms with Gasteiger partial charge >= 0.3 is 0 Å². The highest BCUT2D eigenvalue weighted by molar-refractivity contribution is 7.89. The van der Waals surface area contributed by atoms with Gasteiger partial charge in [0.2, 0.25) is 10.0 Å². The normalized spacial score (nSPS) is 16.7. The summed E-state index contributed by atoms with van der Waals surface area (Å²) in [5, 5.41) is 3.94. The lowest BCUT2D eigenvalue weighted by Gasteiger charge is -2.14. The van der Waals surface area contributed by atoms with Crippen LogP contribution in [-0.4, -0.2) is 31.0 Å². The number of thiophene rings is 1. The Bertz CT molecular complexity index is 768. The largest absolute Gasteiger partial charge is 0.355 e. The maximum absolute atomic E-state index is 12.7.